The van der Waals surface area contributed by atoms with Gasteiger partial charge in [-0.15, -0.1) is 0 Å². The lowest BCUT2D eigenvalue weighted by Crippen LogP contribution is -2.45. The second-order valence-electron chi connectivity index (χ2n) is 5.05. The number of carbonyl (C=O) groups is 1. The molecule has 6 nitrogen and oxygen atoms in total. The smallest absolute Gasteiger partial charge is 0.306 e. The van der Waals surface area contributed by atoms with Crippen molar-refractivity contribution in [3.63, 3.8) is 0 Å². The SMILES string of the molecule is CC1CCNC(C(=O)Nc2ccc(F)c([N+](=O)[O-])c2)C1. The Morgan fingerprint density at radius 2 is 2.30 bits per heavy atom. The van der Waals surface area contributed by atoms with E-state index < -0.39 is 16.4 Å². The van der Waals surface area contributed by atoms with Crippen molar-refractivity contribution in [3.05, 3.63) is 34.1 Å². The van der Waals surface area contributed by atoms with Crippen LogP contribution >= 0.6 is 0 Å². The first kappa shape index (κ1) is 14.4. The van der Waals surface area contributed by atoms with Gasteiger partial charge in [0.15, 0.2) is 0 Å². The van der Waals surface area contributed by atoms with Crippen LogP contribution < -0.4 is 10.6 Å². The normalized spacial score (nSPS) is 22.3. The van der Waals surface area contributed by atoms with Gasteiger partial charge < -0.3 is 10.6 Å². The summed E-state index contributed by atoms with van der Waals surface area (Å²) in [6, 6.07) is 3.00. The van der Waals surface area contributed by atoms with Gasteiger partial charge in [0.05, 0.1) is 11.0 Å². The van der Waals surface area contributed by atoms with E-state index >= 15 is 0 Å². The molecule has 20 heavy (non-hydrogen) atoms. The summed E-state index contributed by atoms with van der Waals surface area (Å²) in [6.45, 7) is 2.84. The third-order valence-corrected chi connectivity index (χ3v) is 3.39. The Morgan fingerprint density at radius 1 is 1.55 bits per heavy atom. The van der Waals surface area contributed by atoms with Crippen molar-refractivity contribution in [3.8, 4) is 0 Å². The zero-order valence-electron chi connectivity index (χ0n) is 11.1. The zero-order chi connectivity index (χ0) is 14.7. The second kappa shape index (κ2) is 5.96. The molecule has 1 aliphatic heterocycles. The molecular weight excluding hydrogens is 265 g/mol. The van der Waals surface area contributed by atoms with Crippen molar-refractivity contribution in [2.45, 2.75) is 25.8 Å². The molecule has 0 aromatic heterocycles. The van der Waals surface area contributed by atoms with E-state index in [0.29, 0.717) is 5.92 Å². The van der Waals surface area contributed by atoms with E-state index in [1.54, 1.807) is 0 Å². The highest BCUT2D eigenvalue weighted by Gasteiger charge is 2.25. The fourth-order valence-electron chi connectivity index (χ4n) is 2.27. The van der Waals surface area contributed by atoms with Gasteiger partial charge >= 0.3 is 5.69 Å². The Labute approximate surface area is 115 Å². The summed E-state index contributed by atoms with van der Waals surface area (Å²) in [4.78, 5) is 21.9. The van der Waals surface area contributed by atoms with Gasteiger partial charge in [-0.2, -0.15) is 4.39 Å². The maximum absolute atomic E-state index is 13.2. The van der Waals surface area contributed by atoms with Crippen LogP contribution in [0.5, 0.6) is 0 Å². The zero-order valence-corrected chi connectivity index (χ0v) is 11.1. The number of carbonyl (C=O) groups excluding carboxylic acids is 1. The van der Waals surface area contributed by atoms with Gasteiger partial charge in [-0.25, -0.2) is 0 Å². The number of hydrogen-bond donors (Lipinski definition) is 2. The number of nitro groups is 1. The molecular formula is C13H16FN3O3. The molecule has 2 rings (SSSR count). The molecule has 0 spiro atoms. The highest BCUT2D eigenvalue weighted by molar-refractivity contribution is 5.95. The molecule has 0 bridgehead atoms. The largest absolute Gasteiger partial charge is 0.324 e. The Bertz CT molecular complexity index is 536. The van der Waals surface area contributed by atoms with E-state index in [1.165, 1.54) is 6.07 Å². The first-order valence-electron chi connectivity index (χ1n) is 6.45. The molecule has 0 saturated carbocycles. The maximum atomic E-state index is 13.2. The summed E-state index contributed by atoms with van der Waals surface area (Å²) >= 11 is 0. The van der Waals surface area contributed by atoms with Gasteiger partial charge in [0.25, 0.3) is 0 Å². The van der Waals surface area contributed by atoms with Crippen LogP contribution in [0, 0.1) is 21.8 Å². The topological polar surface area (TPSA) is 84.3 Å². The van der Waals surface area contributed by atoms with Crippen LogP contribution in [0.4, 0.5) is 15.8 Å². The molecule has 108 valence electrons. The summed E-state index contributed by atoms with van der Waals surface area (Å²) in [5.41, 5.74) is -0.420. The van der Waals surface area contributed by atoms with Crippen molar-refractivity contribution in [1.82, 2.24) is 5.32 Å². The average molecular weight is 281 g/mol. The molecule has 2 atom stereocenters. The molecule has 0 radical (unpaired) electrons. The number of benzene rings is 1. The minimum absolute atomic E-state index is 0.225. The highest BCUT2D eigenvalue weighted by Crippen LogP contribution is 2.22. The monoisotopic (exact) mass is 281 g/mol. The lowest BCUT2D eigenvalue weighted by molar-refractivity contribution is -0.387. The van der Waals surface area contributed by atoms with Gasteiger partial charge in [-0.05, 0) is 37.4 Å². The number of piperidine rings is 1. The minimum atomic E-state index is -0.919. The van der Waals surface area contributed by atoms with Gasteiger partial charge in [-0.3, -0.25) is 14.9 Å². The lowest BCUT2D eigenvalue weighted by atomic mass is 9.94. The first-order chi connectivity index (χ1) is 9.47. The van der Waals surface area contributed by atoms with Crippen LogP contribution in [-0.4, -0.2) is 23.4 Å². The van der Waals surface area contributed by atoms with E-state index in [4.69, 9.17) is 0 Å². The van der Waals surface area contributed by atoms with Crippen molar-refractivity contribution in [1.29, 1.82) is 0 Å². The molecule has 1 amide bonds. The molecule has 7 heteroatoms. The van der Waals surface area contributed by atoms with Crippen molar-refractivity contribution in [2.75, 3.05) is 11.9 Å². The quantitative estimate of drug-likeness (QED) is 0.656. The molecule has 1 saturated heterocycles. The van der Waals surface area contributed by atoms with Crippen molar-refractivity contribution in [2.24, 2.45) is 5.92 Å². The lowest BCUT2D eigenvalue weighted by Gasteiger charge is -2.27. The number of nitrogens with zero attached hydrogens (tertiary/aromatic N) is 1. The Kier molecular flexibility index (Phi) is 4.29. The fraction of sp³-hybridized carbons (Fsp3) is 0.462. The van der Waals surface area contributed by atoms with Crippen molar-refractivity contribution >= 4 is 17.3 Å². The van der Waals surface area contributed by atoms with E-state index in [-0.39, 0.29) is 17.6 Å². The summed E-state index contributed by atoms with van der Waals surface area (Å²) in [5.74, 6) is -0.718. The van der Waals surface area contributed by atoms with Gasteiger partial charge in [0, 0.05) is 11.8 Å². The van der Waals surface area contributed by atoms with Gasteiger partial charge in [0.2, 0.25) is 11.7 Å². The number of rotatable bonds is 3. The van der Waals surface area contributed by atoms with E-state index in [9.17, 15) is 19.3 Å². The van der Waals surface area contributed by atoms with Crippen LogP contribution in [0.2, 0.25) is 0 Å². The molecule has 1 aromatic carbocycles. The molecule has 1 aromatic rings. The predicted molar refractivity (Wildman–Crippen MR) is 71.9 cm³/mol. The number of halogens is 1. The minimum Gasteiger partial charge on any atom is -0.324 e. The summed E-state index contributed by atoms with van der Waals surface area (Å²) in [7, 11) is 0. The third-order valence-electron chi connectivity index (χ3n) is 3.39. The molecule has 1 aliphatic rings. The van der Waals surface area contributed by atoms with Crippen LogP contribution in [-0.2, 0) is 4.79 Å². The first-order valence-corrected chi connectivity index (χ1v) is 6.45. The number of amides is 1. The molecule has 2 unspecified atom stereocenters. The van der Waals surface area contributed by atoms with Crippen molar-refractivity contribution < 1.29 is 14.1 Å². The van der Waals surface area contributed by atoms with Crippen LogP contribution in [0.15, 0.2) is 18.2 Å². The van der Waals surface area contributed by atoms with Gasteiger partial charge in [0.1, 0.15) is 0 Å². The Hall–Kier alpha value is -2.02. The Balaban J connectivity index is 2.07. The second-order valence-corrected chi connectivity index (χ2v) is 5.05. The number of nitrogens with one attached hydrogen (secondary N) is 2. The standard InChI is InChI=1S/C13H16FN3O3/c1-8-4-5-15-11(6-8)13(18)16-9-2-3-10(14)12(7-9)17(19)20/h2-3,7-8,11,15H,4-6H2,1H3,(H,16,18). The fourth-order valence-corrected chi connectivity index (χ4v) is 2.27. The molecule has 2 N–H and O–H groups in total. The summed E-state index contributed by atoms with van der Waals surface area (Å²) < 4.78 is 13.2. The van der Waals surface area contributed by atoms with Crippen LogP contribution in [0.25, 0.3) is 0 Å². The third kappa shape index (κ3) is 3.30. The number of anilines is 1. The molecule has 1 fully saturated rings. The van der Waals surface area contributed by atoms with E-state index in [2.05, 4.69) is 17.6 Å². The Morgan fingerprint density at radius 3 is 2.95 bits per heavy atom. The molecule has 0 aliphatic carbocycles. The number of hydrogen-bond acceptors (Lipinski definition) is 4. The molecule has 1 heterocycles. The summed E-state index contributed by atoms with van der Waals surface area (Å²) in [5, 5.41) is 16.3. The number of nitro benzene ring substituents is 1. The van der Waals surface area contributed by atoms with Crippen LogP contribution in [0.3, 0.4) is 0 Å². The predicted octanol–water partition coefficient (Wildman–Crippen LogP) is 2.06. The highest BCUT2D eigenvalue weighted by atomic mass is 19.1. The summed E-state index contributed by atoms with van der Waals surface area (Å²) in [6.07, 6.45) is 1.74. The van der Waals surface area contributed by atoms with Crippen LogP contribution in [0.1, 0.15) is 19.8 Å². The van der Waals surface area contributed by atoms with E-state index in [0.717, 1.165) is 31.5 Å². The average Bonchev–Trinajstić information content (AvgIpc) is 2.40. The van der Waals surface area contributed by atoms with Gasteiger partial charge in [-0.1, -0.05) is 6.92 Å². The maximum Gasteiger partial charge on any atom is 0.306 e. The van der Waals surface area contributed by atoms with E-state index in [1.807, 2.05) is 0 Å².